The summed E-state index contributed by atoms with van der Waals surface area (Å²) in [4.78, 5) is 34.8. The Morgan fingerprint density at radius 1 is 1.16 bits per heavy atom. The van der Waals surface area contributed by atoms with Crippen molar-refractivity contribution in [2.45, 2.75) is 0 Å². The second-order valence-electron chi connectivity index (χ2n) is 3.80. The standard InChI is InChI=1S/C13H8BrClO4/c14-5-10(16)9-4-12-7(1-2-13(18)19-12)3-8(9)11(17)6-15/h1-4H,5-6H2. The first-order valence-electron chi connectivity index (χ1n) is 5.33. The van der Waals surface area contributed by atoms with E-state index in [1.807, 2.05) is 0 Å². The van der Waals surface area contributed by atoms with Crippen molar-refractivity contribution in [1.29, 1.82) is 0 Å². The molecular formula is C13H8BrClO4. The van der Waals surface area contributed by atoms with Crippen molar-refractivity contribution in [2.75, 3.05) is 11.2 Å². The molecule has 0 saturated carbocycles. The number of halogens is 2. The molecule has 0 saturated heterocycles. The number of alkyl halides is 2. The summed E-state index contributed by atoms with van der Waals surface area (Å²) in [7, 11) is 0. The van der Waals surface area contributed by atoms with Crippen LogP contribution in [0.5, 0.6) is 0 Å². The van der Waals surface area contributed by atoms with Crippen LogP contribution in [0.2, 0.25) is 0 Å². The van der Waals surface area contributed by atoms with Gasteiger partial charge >= 0.3 is 5.63 Å². The van der Waals surface area contributed by atoms with Crippen molar-refractivity contribution < 1.29 is 14.0 Å². The lowest BCUT2D eigenvalue weighted by atomic mass is 9.99. The molecule has 0 amide bonds. The Morgan fingerprint density at radius 3 is 2.47 bits per heavy atom. The minimum Gasteiger partial charge on any atom is -0.423 e. The van der Waals surface area contributed by atoms with E-state index in [4.69, 9.17) is 16.0 Å². The molecule has 2 rings (SSSR count). The fraction of sp³-hybridized carbons (Fsp3) is 0.154. The molecular weight excluding hydrogens is 335 g/mol. The van der Waals surface area contributed by atoms with Crippen LogP contribution in [-0.4, -0.2) is 22.8 Å². The first kappa shape index (κ1) is 14.0. The maximum absolute atomic E-state index is 11.8. The second kappa shape index (κ2) is 5.67. The molecule has 98 valence electrons. The zero-order valence-electron chi connectivity index (χ0n) is 9.61. The van der Waals surface area contributed by atoms with E-state index >= 15 is 0 Å². The summed E-state index contributed by atoms with van der Waals surface area (Å²) in [6.45, 7) is 0. The van der Waals surface area contributed by atoms with Crippen molar-refractivity contribution in [3.63, 3.8) is 0 Å². The van der Waals surface area contributed by atoms with Gasteiger partial charge in [-0.1, -0.05) is 15.9 Å². The Kier molecular flexibility index (Phi) is 4.17. The third-order valence-corrected chi connectivity index (χ3v) is 3.36. The molecule has 4 nitrogen and oxygen atoms in total. The molecule has 0 N–H and O–H groups in total. The van der Waals surface area contributed by atoms with Gasteiger partial charge in [0.25, 0.3) is 0 Å². The highest BCUT2D eigenvalue weighted by Crippen LogP contribution is 2.21. The van der Waals surface area contributed by atoms with Gasteiger partial charge < -0.3 is 4.42 Å². The summed E-state index contributed by atoms with van der Waals surface area (Å²) >= 11 is 8.59. The molecule has 1 aromatic carbocycles. The van der Waals surface area contributed by atoms with E-state index in [0.29, 0.717) is 5.39 Å². The zero-order chi connectivity index (χ0) is 14.0. The van der Waals surface area contributed by atoms with Gasteiger partial charge in [0.1, 0.15) is 5.58 Å². The number of Topliss-reactive ketones (excluding diaryl/α,β-unsaturated/α-hetero) is 2. The largest absolute Gasteiger partial charge is 0.423 e. The molecule has 1 aromatic heterocycles. The van der Waals surface area contributed by atoms with Gasteiger partial charge in [0.05, 0.1) is 11.2 Å². The lowest BCUT2D eigenvalue weighted by molar-refractivity contribution is 0.0986. The number of rotatable bonds is 4. The van der Waals surface area contributed by atoms with Crippen molar-refractivity contribution in [3.05, 3.63) is 45.8 Å². The molecule has 6 heteroatoms. The van der Waals surface area contributed by atoms with Crippen LogP contribution in [0.15, 0.2) is 33.5 Å². The molecule has 0 fully saturated rings. The Hall–Kier alpha value is -1.46. The van der Waals surface area contributed by atoms with Crippen LogP contribution in [0.4, 0.5) is 0 Å². The van der Waals surface area contributed by atoms with Crippen LogP contribution in [0, 0.1) is 0 Å². The average molecular weight is 344 g/mol. The zero-order valence-corrected chi connectivity index (χ0v) is 12.0. The molecule has 0 aliphatic rings. The number of carbonyl (C=O) groups is 2. The van der Waals surface area contributed by atoms with Gasteiger partial charge in [-0.05, 0) is 18.2 Å². The van der Waals surface area contributed by atoms with Gasteiger partial charge in [-0.2, -0.15) is 0 Å². The summed E-state index contributed by atoms with van der Waals surface area (Å²) in [6, 6.07) is 5.71. The van der Waals surface area contributed by atoms with E-state index < -0.39 is 5.63 Å². The summed E-state index contributed by atoms with van der Waals surface area (Å²) in [6.07, 6.45) is 0. The Balaban J connectivity index is 2.77. The van der Waals surface area contributed by atoms with E-state index in [1.54, 1.807) is 0 Å². The van der Waals surface area contributed by atoms with Crippen LogP contribution in [-0.2, 0) is 0 Å². The lowest BCUT2D eigenvalue weighted by Gasteiger charge is -2.07. The highest BCUT2D eigenvalue weighted by molar-refractivity contribution is 9.09. The SMILES string of the molecule is O=C(CCl)c1cc2ccc(=O)oc2cc1C(=O)CBr. The Labute approximate surface area is 121 Å². The molecule has 19 heavy (non-hydrogen) atoms. The maximum atomic E-state index is 11.8. The van der Waals surface area contributed by atoms with E-state index in [9.17, 15) is 14.4 Å². The molecule has 1 heterocycles. The Bertz CT molecular complexity index is 720. The first-order valence-corrected chi connectivity index (χ1v) is 6.98. The number of benzene rings is 1. The van der Waals surface area contributed by atoms with Crippen molar-refractivity contribution in [1.82, 2.24) is 0 Å². The molecule has 0 spiro atoms. The Morgan fingerprint density at radius 2 is 1.84 bits per heavy atom. The first-order chi connectivity index (χ1) is 9.06. The highest BCUT2D eigenvalue weighted by Gasteiger charge is 2.17. The smallest absolute Gasteiger partial charge is 0.336 e. The van der Waals surface area contributed by atoms with Gasteiger partial charge in [-0.3, -0.25) is 9.59 Å². The number of hydrogen-bond donors (Lipinski definition) is 0. The summed E-state index contributed by atoms with van der Waals surface area (Å²) in [5, 5.41) is 0.636. The number of carbonyl (C=O) groups excluding carboxylic acids is 2. The molecule has 0 atom stereocenters. The third kappa shape index (κ3) is 2.77. The van der Waals surface area contributed by atoms with Crippen LogP contribution in [0.25, 0.3) is 11.0 Å². The average Bonchev–Trinajstić information content (AvgIpc) is 2.44. The molecule has 0 unspecified atom stereocenters. The lowest BCUT2D eigenvalue weighted by Crippen LogP contribution is -2.11. The van der Waals surface area contributed by atoms with Crippen LogP contribution < -0.4 is 5.63 Å². The minimum atomic E-state index is -0.513. The summed E-state index contributed by atoms with van der Waals surface area (Å²) in [5.41, 5.74) is 0.189. The van der Waals surface area contributed by atoms with Crippen molar-refractivity contribution in [2.24, 2.45) is 0 Å². The predicted molar refractivity (Wildman–Crippen MR) is 75.7 cm³/mol. The van der Waals surface area contributed by atoms with Crippen molar-refractivity contribution >= 4 is 50.1 Å². The topological polar surface area (TPSA) is 64.3 Å². The van der Waals surface area contributed by atoms with E-state index in [2.05, 4.69) is 15.9 Å². The molecule has 2 aromatic rings. The number of ketones is 2. The summed E-state index contributed by atoms with van der Waals surface area (Å²) < 4.78 is 5.00. The third-order valence-electron chi connectivity index (χ3n) is 2.60. The van der Waals surface area contributed by atoms with Crippen molar-refractivity contribution in [3.8, 4) is 0 Å². The quantitative estimate of drug-likeness (QED) is 0.486. The molecule has 0 aliphatic heterocycles. The van der Waals surface area contributed by atoms with E-state index in [1.165, 1.54) is 24.3 Å². The van der Waals surface area contributed by atoms with Gasteiger partial charge in [-0.25, -0.2) is 4.79 Å². The normalized spacial score (nSPS) is 10.6. The van der Waals surface area contributed by atoms with Gasteiger partial charge in [0.15, 0.2) is 11.6 Å². The van der Waals surface area contributed by atoms with Crippen LogP contribution >= 0.6 is 27.5 Å². The van der Waals surface area contributed by atoms with Gasteiger partial charge in [-0.15, -0.1) is 11.6 Å². The van der Waals surface area contributed by atoms with Crippen LogP contribution in [0.1, 0.15) is 20.7 Å². The minimum absolute atomic E-state index is 0.0676. The molecule has 0 aliphatic carbocycles. The fourth-order valence-corrected chi connectivity index (χ4v) is 2.17. The predicted octanol–water partition coefficient (Wildman–Crippen LogP) is 2.79. The number of hydrogen-bond acceptors (Lipinski definition) is 4. The molecule has 0 bridgehead atoms. The monoisotopic (exact) mass is 342 g/mol. The van der Waals surface area contributed by atoms with Crippen LogP contribution in [0.3, 0.4) is 0 Å². The summed E-state index contributed by atoms with van der Waals surface area (Å²) in [5.74, 6) is -0.842. The fourth-order valence-electron chi connectivity index (χ4n) is 1.72. The maximum Gasteiger partial charge on any atom is 0.336 e. The van der Waals surface area contributed by atoms with Gasteiger partial charge in [0.2, 0.25) is 0 Å². The second-order valence-corrected chi connectivity index (χ2v) is 4.63. The van der Waals surface area contributed by atoms with E-state index in [-0.39, 0.29) is 39.5 Å². The highest BCUT2D eigenvalue weighted by atomic mass is 79.9. The van der Waals surface area contributed by atoms with Gasteiger partial charge in [0, 0.05) is 22.6 Å². The number of fused-ring (bicyclic) bond motifs is 1. The molecule has 0 radical (unpaired) electrons. The van der Waals surface area contributed by atoms with E-state index in [0.717, 1.165) is 0 Å².